The highest BCUT2D eigenvalue weighted by molar-refractivity contribution is 6.33. The van der Waals surface area contributed by atoms with Crippen LogP contribution in [-0.2, 0) is 4.79 Å². The van der Waals surface area contributed by atoms with Crippen LogP contribution in [0.2, 0.25) is 10.0 Å². The summed E-state index contributed by atoms with van der Waals surface area (Å²) in [6.45, 7) is 0. The summed E-state index contributed by atoms with van der Waals surface area (Å²) in [6.07, 6.45) is 0.929. The number of amides is 1. The standard InChI is InChI=1S/C24H19Cl2NO3/c25-19-7-3-1-5-17(19)15-9-11-16(12-10-15)23(28)27-21(13-14-22(27)24(29)30)18-6-2-4-8-20(18)26/h1-12,21-22H,13-14H2,(H,29,30). The Morgan fingerprint density at radius 3 is 2.10 bits per heavy atom. The van der Waals surface area contributed by atoms with Gasteiger partial charge in [-0.25, -0.2) is 4.79 Å². The number of aliphatic carboxylic acids is 1. The van der Waals surface area contributed by atoms with Crippen LogP contribution in [0.5, 0.6) is 0 Å². The minimum absolute atomic E-state index is 0.324. The van der Waals surface area contributed by atoms with Gasteiger partial charge in [-0.05, 0) is 48.2 Å². The van der Waals surface area contributed by atoms with Crippen molar-refractivity contribution in [2.75, 3.05) is 0 Å². The number of hydrogen-bond donors (Lipinski definition) is 1. The fourth-order valence-electron chi connectivity index (χ4n) is 4.02. The predicted molar refractivity (Wildman–Crippen MR) is 118 cm³/mol. The molecule has 1 fully saturated rings. The van der Waals surface area contributed by atoms with Crippen molar-refractivity contribution in [3.8, 4) is 11.1 Å². The zero-order valence-corrected chi connectivity index (χ0v) is 17.5. The molecule has 3 aromatic rings. The van der Waals surface area contributed by atoms with Crippen LogP contribution in [0.4, 0.5) is 0 Å². The Kier molecular flexibility index (Phi) is 5.80. The summed E-state index contributed by atoms with van der Waals surface area (Å²) < 4.78 is 0. The van der Waals surface area contributed by atoms with Crippen LogP contribution in [0.1, 0.15) is 34.8 Å². The van der Waals surface area contributed by atoms with Gasteiger partial charge in [-0.1, -0.05) is 71.7 Å². The lowest BCUT2D eigenvalue weighted by Gasteiger charge is -2.29. The van der Waals surface area contributed by atoms with Crippen LogP contribution < -0.4 is 0 Å². The molecule has 6 heteroatoms. The van der Waals surface area contributed by atoms with Crippen LogP contribution in [0.25, 0.3) is 11.1 Å². The lowest BCUT2D eigenvalue weighted by Crippen LogP contribution is -2.41. The first-order valence-electron chi connectivity index (χ1n) is 9.62. The van der Waals surface area contributed by atoms with Crippen LogP contribution in [-0.4, -0.2) is 27.9 Å². The highest BCUT2D eigenvalue weighted by Crippen LogP contribution is 2.40. The van der Waals surface area contributed by atoms with E-state index in [1.807, 2.05) is 54.6 Å². The van der Waals surface area contributed by atoms with Gasteiger partial charge in [-0.3, -0.25) is 4.79 Å². The molecule has 1 amide bonds. The first-order valence-corrected chi connectivity index (χ1v) is 10.4. The number of carbonyl (C=O) groups excluding carboxylic acids is 1. The monoisotopic (exact) mass is 439 g/mol. The maximum Gasteiger partial charge on any atom is 0.326 e. The molecule has 1 aliphatic heterocycles. The lowest BCUT2D eigenvalue weighted by molar-refractivity contribution is -0.141. The molecule has 152 valence electrons. The van der Waals surface area contributed by atoms with Crippen molar-refractivity contribution in [2.24, 2.45) is 0 Å². The van der Waals surface area contributed by atoms with Gasteiger partial charge in [0.05, 0.1) is 6.04 Å². The van der Waals surface area contributed by atoms with Gasteiger partial charge >= 0.3 is 5.97 Å². The fourth-order valence-corrected chi connectivity index (χ4v) is 4.53. The van der Waals surface area contributed by atoms with E-state index in [9.17, 15) is 14.7 Å². The third-order valence-electron chi connectivity index (χ3n) is 5.49. The number of halogens is 2. The van der Waals surface area contributed by atoms with E-state index in [2.05, 4.69) is 0 Å². The van der Waals surface area contributed by atoms with E-state index in [0.29, 0.717) is 28.5 Å². The average molecular weight is 440 g/mol. The van der Waals surface area contributed by atoms with Crippen LogP contribution in [0, 0.1) is 0 Å². The number of carbonyl (C=O) groups is 2. The lowest BCUT2D eigenvalue weighted by atomic mass is 10.0. The molecule has 3 aromatic carbocycles. The maximum absolute atomic E-state index is 13.4. The predicted octanol–water partition coefficient (Wildman–Crippen LogP) is 6.09. The summed E-state index contributed by atoms with van der Waals surface area (Å²) in [7, 11) is 0. The number of benzene rings is 3. The van der Waals surface area contributed by atoms with E-state index >= 15 is 0 Å². The molecule has 2 unspecified atom stereocenters. The minimum Gasteiger partial charge on any atom is -0.480 e. The second-order valence-electron chi connectivity index (χ2n) is 7.24. The molecule has 1 aliphatic rings. The van der Waals surface area contributed by atoms with Gasteiger partial charge in [0.15, 0.2) is 0 Å². The third-order valence-corrected chi connectivity index (χ3v) is 6.16. The Labute approximate surface area is 184 Å². The van der Waals surface area contributed by atoms with Gasteiger partial charge in [-0.15, -0.1) is 0 Å². The largest absolute Gasteiger partial charge is 0.480 e. The van der Waals surface area contributed by atoms with Gasteiger partial charge in [-0.2, -0.15) is 0 Å². The third kappa shape index (κ3) is 3.81. The topological polar surface area (TPSA) is 57.6 Å². The zero-order chi connectivity index (χ0) is 21.3. The van der Waals surface area contributed by atoms with E-state index in [1.54, 1.807) is 18.2 Å². The summed E-state index contributed by atoms with van der Waals surface area (Å²) in [5.74, 6) is -1.33. The number of likely N-dealkylation sites (tertiary alicyclic amines) is 1. The van der Waals surface area contributed by atoms with Crippen molar-refractivity contribution in [1.29, 1.82) is 0 Å². The van der Waals surface area contributed by atoms with Crippen molar-refractivity contribution in [3.05, 3.63) is 94.0 Å². The molecule has 0 radical (unpaired) electrons. The SMILES string of the molecule is O=C(O)C1CCC(c2ccccc2Cl)N1C(=O)c1ccc(-c2ccccc2Cl)cc1. The normalized spacial score (nSPS) is 18.4. The van der Waals surface area contributed by atoms with Crippen LogP contribution >= 0.6 is 23.2 Å². The van der Waals surface area contributed by atoms with Crippen LogP contribution in [0.3, 0.4) is 0 Å². The highest BCUT2D eigenvalue weighted by atomic mass is 35.5. The Morgan fingerprint density at radius 1 is 0.833 bits per heavy atom. The fraction of sp³-hybridized carbons (Fsp3) is 0.167. The molecule has 0 saturated carbocycles. The van der Waals surface area contributed by atoms with Gasteiger partial charge < -0.3 is 10.0 Å². The number of hydrogen-bond acceptors (Lipinski definition) is 2. The highest BCUT2D eigenvalue weighted by Gasteiger charge is 2.42. The smallest absolute Gasteiger partial charge is 0.326 e. The molecule has 1 N–H and O–H groups in total. The van der Waals surface area contributed by atoms with Gasteiger partial charge in [0, 0.05) is 21.2 Å². The molecule has 0 bridgehead atoms. The molecule has 2 atom stereocenters. The second kappa shape index (κ2) is 8.50. The van der Waals surface area contributed by atoms with Crippen molar-refractivity contribution in [2.45, 2.75) is 24.9 Å². The summed E-state index contributed by atoms with van der Waals surface area (Å²) in [5, 5.41) is 10.8. The molecule has 1 saturated heterocycles. The van der Waals surface area contributed by atoms with Crippen molar-refractivity contribution in [3.63, 3.8) is 0 Å². The Hall–Kier alpha value is -2.82. The van der Waals surface area contributed by atoms with Crippen molar-refractivity contribution < 1.29 is 14.7 Å². The number of nitrogens with zero attached hydrogens (tertiary/aromatic N) is 1. The molecule has 30 heavy (non-hydrogen) atoms. The van der Waals surface area contributed by atoms with E-state index in [4.69, 9.17) is 23.2 Å². The molecular formula is C24H19Cl2NO3. The number of carboxylic acids is 1. The Balaban J connectivity index is 1.68. The van der Waals surface area contributed by atoms with E-state index in [1.165, 1.54) is 4.90 Å². The van der Waals surface area contributed by atoms with Crippen molar-refractivity contribution in [1.82, 2.24) is 4.90 Å². The Bertz CT molecular complexity index is 1100. The van der Waals surface area contributed by atoms with E-state index < -0.39 is 12.0 Å². The quantitative estimate of drug-likeness (QED) is 0.534. The number of carboxylic acid groups (broad SMARTS) is 1. The van der Waals surface area contributed by atoms with E-state index in [-0.39, 0.29) is 11.9 Å². The number of rotatable bonds is 4. The summed E-state index contributed by atoms with van der Waals surface area (Å²) in [5.41, 5.74) is 2.95. The molecule has 4 nitrogen and oxygen atoms in total. The molecule has 0 aliphatic carbocycles. The summed E-state index contributed by atoms with van der Waals surface area (Å²) >= 11 is 12.6. The molecule has 0 spiro atoms. The Morgan fingerprint density at radius 2 is 1.47 bits per heavy atom. The molecule has 0 aromatic heterocycles. The summed E-state index contributed by atoms with van der Waals surface area (Å²) in [6, 6.07) is 20.5. The van der Waals surface area contributed by atoms with Crippen LogP contribution in [0.15, 0.2) is 72.8 Å². The zero-order valence-electron chi connectivity index (χ0n) is 16.0. The van der Waals surface area contributed by atoms with Gasteiger partial charge in [0.2, 0.25) is 0 Å². The molecule has 1 heterocycles. The maximum atomic E-state index is 13.4. The first kappa shape index (κ1) is 20.5. The van der Waals surface area contributed by atoms with Crippen molar-refractivity contribution >= 4 is 35.1 Å². The van der Waals surface area contributed by atoms with Gasteiger partial charge in [0.1, 0.15) is 6.04 Å². The second-order valence-corrected chi connectivity index (χ2v) is 8.05. The average Bonchev–Trinajstić information content (AvgIpc) is 3.19. The molecular weight excluding hydrogens is 421 g/mol. The minimum atomic E-state index is -1.01. The first-order chi connectivity index (χ1) is 14.5. The summed E-state index contributed by atoms with van der Waals surface area (Å²) in [4.78, 5) is 26.7. The van der Waals surface area contributed by atoms with E-state index in [0.717, 1.165) is 16.7 Å². The molecule has 4 rings (SSSR count). The van der Waals surface area contributed by atoms with Gasteiger partial charge in [0.25, 0.3) is 5.91 Å².